The van der Waals surface area contributed by atoms with Gasteiger partial charge in [0.2, 0.25) is 0 Å². The van der Waals surface area contributed by atoms with Gasteiger partial charge in [-0.2, -0.15) is 0 Å². The lowest BCUT2D eigenvalue weighted by atomic mass is 10.0. The smallest absolute Gasteiger partial charge is 0.251 e. The van der Waals surface area contributed by atoms with Crippen molar-refractivity contribution in [1.29, 1.82) is 0 Å². The Hall–Kier alpha value is -1.39. The van der Waals surface area contributed by atoms with Crippen LogP contribution in [0.4, 0.5) is 0 Å². The summed E-state index contributed by atoms with van der Waals surface area (Å²) in [6.07, 6.45) is 2.54. The molecule has 0 radical (unpaired) electrons. The second kappa shape index (κ2) is 7.41. The average Bonchev–Trinajstić information content (AvgIpc) is 2.53. The zero-order valence-electron chi connectivity index (χ0n) is 12.5. The van der Waals surface area contributed by atoms with Crippen LogP contribution in [0.3, 0.4) is 0 Å². The zero-order valence-corrected chi connectivity index (χ0v) is 12.5. The first-order valence-corrected chi connectivity index (χ1v) is 7.49. The fourth-order valence-electron chi connectivity index (χ4n) is 2.69. The van der Waals surface area contributed by atoms with Crippen molar-refractivity contribution in [2.75, 3.05) is 26.7 Å². The van der Waals surface area contributed by atoms with Crippen LogP contribution in [-0.4, -0.2) is 43.5 Å². The predicted octanol–water partition coefficient (Wildman–Crippen LogP) is 1.62. The summed E-state index contributed by atoms with van der Waals surface area (Å²) in [7, 11) is 1.65. The Morgan fingerprint density at radius 1 is 1.35 bits per heavy atom. The normalized spacial score (nSPS) is 19.8. The van der Waals surface area contributed by atoms with Gasteiger partial charge in [0.05, 0.1) is 0 Å². The molecule has 0 saturated carbocycles. The van der Waals surface area contributed by atoms with Gasteiger partial charge in [-0.05, 0) is 43.6 Å². The van der Waals surface area contributed by atoms with Gasteiger partial charge in [-0.15, -0.1) is 0 Å². The second-order valence-electron chi connectivity index (χ2n) is 5.39. The first-order chi connectivity index (χ1) is 9.72. The standard InChI is InChI=1S/C16H25N3O/c1-3-19-10-4-5-15(12-19)18-11-13-6-8-14(9-7-13)16(20)17-2/h6-9,15,18H,3-5,10-12H2,1-2H3,(H,17,20). The van der Waals surface area contributed by atoms with Crippen molar-refractivity contribution in [1.82, 2.24) is 15.5 Å². The van der Waals surface area contributed by atoms with Gasteiger partial charge in [-0.1, -0.05) is 19.1 Å². The third-order valence-electron chi connectivity index (χ3n) is 3.99. The SMILES string of the molecule is CCN1CCCC(NCc2ccc(C(=O)NC)cc2)C1. The summed E-state index contributed by atoms with van der Waals surface area (Å²) in [6, 6.07) is 8.41. The van der Waals surface area contributed by atoms with E-state index in [2.05, 4.69) is 22.5 Å². The number of nitrogens with zero attached hydrogens (tertiary/aromatic N) is 1. The molecule has 0 aromatic heterocycles. The maximum Gasteiger partial charge on any atom is 0.251 e. The van der Waals surface area contributed by atoms with Crippen LogP contribution in [0.2, 0.25) is 0 Å². The molecule has 1 aromatic carbocycles. The summed E-state index contributed by atoms with van der Waals surface area (Å²) < 4.78 is 0. The molecule has 1 aliphatic heterocycles. The molecule has 1 amide bonds. The second-order valence-corrected chi connectivity index (χ2v) is 5.39. The number of carbonyl (C=O) groups is 1. The molecule has 1 saturated heterocycles. The highest BCUT2D eigenvalue weighted by Crippen LogP contribution is 2.11. The molecule has 1 fully saturated rings. The van der Waals surface area contributed by atoms with Gasteiger partial charge in [0.15, 0.2) is 0 Å². The van der Waals surface area contributed by atoms with Crippen LogP contribution in [0.1, 0.15) is 35.7 Å². The van der Waals surface area contributed by atoms with Crippen molar-refractivity contribution in [3.63, 3.8) is 0 Å². The van der Waals surface area contributed by atoms with E-state index in [1.165, 1.54) is 24.9 Å². The number of amides is 1. The largest absolute Gasteiger partial charge is 0.355 e. The Bertz CT molecular complexity index is 430. The van der Waals surface area contributed by atoms with E-state index in [-0.39, 0.29) is 5.91 Å². The summed E-state index contributed by atoms with van der Waals surface area (Å²) in [5.74, 6) is -0.0321. The number of nitrogens with one attached hydrogen (secondary N) is 2. The van der Waals surface area contributed by atoms with Gasteiger partial charge in [-0.3, -0.25) is 4.79 Å². The molecule has 20 heavy (non-hydrogen) atoms. The summed E-state index contributed by atoms with van der Waals surface area (Å²) in [4.78, 5) is 14.0. The van der Waals surface area contributed by atoms with E-state index in [4.69, 9.17) is 0 Å². The lowest BCUT2D eigenvalue weighted by Gasteiger charge is -2.32. The maximum absolute atomic E-state index is 11.5. The van der Waals surface area contributed by atoms with Crippen molar-refractivity contribution in [3.8, 4) is 0 Å². The minimum absolute atomic E-state index is 0.0321. The Labute approximate surface area is 121 Å². The number of hydrogen-bond acceptors (Lipinski definition) is 3. The van der Waals surface area contributed by atoms with E-state index in [1.54, 1.807) is 7.05 Å². The van der Waals surface area contributed by atoms with Gasteiger partial charge in [0.1, 0.15) is 0 Å². The number of hydrogen-bond donors (Lipinski definition) is 2. The molecule has 2 rings (SSSR count). The minimum atomic E-state index is -0.0321. The lowest BCUT2D eigenvalue weighted by Crippen LogP contribution is -2.45. The zero-order chi connectivity index (χ0) is 14.4. The lowest BCUT2D eigenvalue weighted by molar-refractivity contribution is 0.0963. The third-order valence-corrected chi connectivity index (χ3v) is 3.99. The van der Waals surface area contributed by atoms with Gasteiger partial charge in [-0.25, -0.2) is 0 Å². The topological polar surface area (TPSA) is 44.4 Å². The Morgan fingerprint density at radius 2 is 2.10 bits per heavy atom. The van der Waals surface area contributed by atoms with Crippen LogP contribution >= 0.6 is 0 Å². The molecule has 1 aliphatic rings. The molecular weight excluding hydrogens is 250 g/mol. The third kappa shape index (κ3) is 4.05. The summed E-state index contributed by atoms with van der Waals surface area (Å²) in [5, 5.41) is 6.26. The minimum Gasteiger partial charge on any atom is -0.355 e. The molecular formula is C16H25N3O. The molecule has 110 valence electrons. The number of rotatable bonds is 5. The predicted molar refractivity (Wildman–Crippen MR) is 81.8 cm³/mol. The van der Waals surface area contributed by atoms with Crippen LogP contribution < -0.4 is 10.6 Å². The Kier molecular flexibility index (Phi) is 5.56. The van der Waals surface area contributed by atoms with Crippen molar-refractivity contribution in [3.05, 3.63) is 35.4 Å². The fraction of sp³-hybridized carbons (Fsp3) is 0.562. The monoisotopic (exact) mass is 275 g/mol. The van der Waals surface area contributed by atoms with E-state index in [0.29, 0.717) is 11.6 Å². The number of carbonyl (C=O) groups excluding carboxylic acids is 1. The van der Waals surface area contributed by atoms with E-state index in [1.807, 2.05) is 24.3 Å². The van der Waals surface area contributed by atoms with Crippen LogP contribution in [0.5, 0.6) is 0 Å². The molecule has 1 heterocycles. The van der Waals surface area contributed by atoms with Crippen LogP contribution in [-0.2, 0) is 6.54 Å². The number of likely N-dealkylation sites (N-methyl/N-ethyl adjacent to an activating group) is 1. The van der Waals surface area contributed by atoms with Crippen molar-refractivity contribution in [2.45, 2.75) is 32.4 Å². The highest BCUT2D eigenvalue weighted by Gasteiger charge is 2.17. The summed E-state index contributed by atoms with van der Waals surface area (Å²) in [5.41, 5.74) is 1.94. The molecule has 1 aromatic rings. The summed E-state index contributed by atoms with van der Waals surface area (Å²) >= 11 is 0. The molecule has 0 bridgehead atoms. The van der Waals surface area contributed by atoms with Crippen LogP contribution in [0.25, 0.3) is 0 Å². The van der Waals surface area contributed by atoms with Crippen molar-refractivity contribution >= 4 is 5.91 Å². The number of likely N-dealkylation sites (tertiary alicyclic amines) is 1. The highest BCUT2D eigenvalue weighted by molar-refractivity contribution is 5.93. The van der Waals surface area contributed by atoms with Crippen LogP contribution in [0.15, 0.2) is 24.3 Å². The first kappa shape index (κ1) is 15.0. The average molecular weight is 275 g/mol. The molecule has 4 heteroatoms. The van der Waals surface area contributed by atoms with Gasteiger partial charge in [0.25, 0.3) is 5.91 Å². The van der Waals surface area contributed by atoms with Gasteiger partial charge in [0, 0.05) is 31.7 Å². The molecule has 1 unspecified atom stereocenters. The van der Waals surface area contributed by atoms with Gasteiger partial charge < -0.3 is 15.5 Å². The Balaban J connectivity index is 1.83. The van der Waals surface area contributed by atoms with Crippen molar-refractivity contribution < 1.29 is 4.79 Å². The van der Waals surface area contributed by atoms with E-state index in [0.717, 1.165) is 19.6 Å². The first-order valence-electron chi connectivity index (χ1n) is 7.49. The van der Waals surface area contributed by atoms with Crippen LogP contribution in [0, 0.1) is 0 Å². The van der Waals surface area contributed by atoms with Gasteiger partial charge >= 0.3 is 0 Å². The summed E-state index contributed by atoms with van der Waals surface area (Å²) in [6.45, 7) is 6.61. The van der Waals surface area contributed by atoms with E-state index < -0.39 is 0 Å². The van der Waals surface area contributed by atoms with Crippen molar-refractivity contribution in [2.24, 2.45) is 0 Å². The van der Waals surface area contributed by atoms with E-state index >= 15 is 0 Å². The Morgan fingerprint density at radius 3 is 2.75 bits per heavy atom. The number of benzene rings is 1. The van der Waals surface area contributed by atoms with E-state index in [9.17, 15) is 4.79 Å². The molecule has 1 atom stereocenters. The number of piperidine rings is 1. The molecule has 4 nitrogen and oxygen atoms in total. The molecule has 0 spiro atoms. The highest BCUT2D eigenvalue weighted by atomic mass is 16.1. The fourth-order valence-corrected chi connectivity index (χ4v) is 2.69. The molecule has 2 N–H and O–H groups in total. The molecule has 0 aliphatic carbocycles. The quantitative estimate of drug-likeness (QED) is 0.858. The maximum atomic E-state index is 11.5.